The summed E-state index contributed by atoms with van der Waals surface area (Å²) in [6, 6.07) is 0. The maximum absolute atomic E-state index is 5.61. The van der Waals surface area contributed by atoms with Gasteiger partial charge >= 0.3 is 0 Å². The van der Waals surface area contributed by atoms with Crippen molar-refractivity contribution in [3.8, 4) is 0 Å². The van der Waals surface area contributed by atoms with Crippen LogP contribution in [-0.2, 0) is 0 Å². The second-order valence-electron chi connectivity index (χ2n) is 4.78. The number of thiocarbonyl (C=S) groups is 1. The summed E-state index contributed by atoms with van der Waals surface area (Å²) in [5.74, 6) is 2.28. The van der Waals surface area contributed by atoms with Gasteiger partial charge in [0.1, 0.15) is 10.7 Å². The van der Waals surface area contributed by atoms with Gasteiger partial charge in [-0.3, -0.25) is 0 Å². The molecule has 0 aliphatic heterocycles. The predicted molar refractivity (Wildman–Crippen MR) is 72.9 cm³/mol. The van der Waals surface area contributed by atoms with Gasteiger partial charge < -0.3 is 11.1 Å². The minimum atomic E-state index is 0.292. The number of aromatic nitrogens is 2. The third-order valence-corrected chi connectivity index (χ3v) is 3.49. The van der Waals surface area contributed by atoms with E-state index in [1.165, 1.54) is 19.3 Å². The van der Waals surface area contributed by atoms with Crippen LogP contribution in [0.2, 0.25) is 0 Å². The molecule has 2 rings (SSSR count). The predicted octanol–water partition coefficient (Wildman–Crippen LogP) is 1.96. The van der Waals surface area contributed by atoms with Crippen LogP contribution in [0.15, 0.2) is 12.4 Å². The molecule has 4 nitrogen and oxygen atoms in total. The van der Waals surface area contributed by atoms with Gasteiger partial charge in [0.25, 0.3) is 0 Å². The lowest BCUT2D eigenvalue weighted by atomic mass is 10.1. The largest absolute Gasteiger partial charge is 0.388 e. The van der Waals surface area contributed by atoms with E-state index in [0.717, 1.165) is 18.4 Å². The smallest absolute Gasteiger partial charge is 0.155 e. The first kappa shape index (κ1) is 12.2. The zero-order chi connectivity index (χ0) is 12.3. The van der Waals surface area contributed by atoms with Crippen LogP contribution in [0.1, 0.15) is 31.9 Å². The molecule has 1 aromatic heterocycles. The van der Waals surface area contributed by atoms with Crippen molar-refractivity contribution in [1.82, 2.24) is 9.97 Å². The summed E-state index contributed by atoms with van der Waals surface area (Å²) in [5, 5.41) is 3.32. The van der Waals surface area contributed by atoms with E-state index in [-0.39, 0.29) is 0 Å². The first-order chi connectivity index (χ1) is 8.16. The van der Waals surface area contributed by atoms with Crippen LogP contribution >= 0.6 is 12.2 Å². The van der Waals surface area contributed by atoms with E-state index in [4.69, 9.17) is 18.0 Å². The molecule has 3 N–H and O–H groups in total. The van der Waals surface area contributed by atoms with Crippen LogP contribution in [0.4, 0.5) is 5.82 Å². The fourth-order valence-corrected chi connectivity index (χ4v) is 2.55. The summed E-state index contributed by atoms with van der Waals surface area (Å²) in [7, 11) is 0. The molecule has 1 fully saturated rings. The Balaban J connectivity index is 1.97. The molecule has 1 heterocycles. The fourth-order valence-electron chi connectivity index (χ4n) is 2.40. The average Bonchev–Trinajstić information content (AvgIpc) is 2.73. The van der Waals surface area contributed by atoms with Crippen LogP contribution < -0.4 is 11.1 Å². The molecule has 0 spiro atoms. The third-order valence-electron chi connectivity index (χ3n) is 3.29. The van der Waals surface area contributed by atoms with E-state index in [1.54, 1.807) is 12.4 Å². The Morgan fingerprint density at radius 1 is 1.47 bits per heavy atom. The maximum Gasteiger partial charge on any atom is 0.155 e. The standard InChI is InChI=1S/C12H18N4S/c1-8-2-3-9(6-8)7-16-12-10(11(13)17)14-4-5-15-12/h4-5,8-9H,2-3,6-7H2,1H3,(H2,13,17)(H,15,16). The van der Waals surface area contributed by atoms with Crippen molar-refractivity contribution in [3.63, 3.8) is 0 Å². The summed E-state index contributed by atoms with van der Waals surface area (Å²) in [5.41, 5.74) is 6.20. The van der Waals surface area contributed by atoms with Crippen molar-refractivity contribution in [3.05, 3.63) is 18.1 Å². The van der Waals surface area contributed by atoms with Gasteiger partial charge in [0.05, 0.1) is 0 Å². The van der Waals surface area contributed by atoms with E-state index in [0.29, 0.717) is 16.5 Å². The molecule has 0 aromatic carbocycles. The summed E-state index contributed by atoms with van der Waals surface area (Å²) in [4.78, 5) is 8.68. The molecule has 0 radical (unpaired) electrons. The average molecular weight is 250 g/mol. The van der Waals surface area contributed by atoms with Crippen molar-refractivity contribution < 1.29 is 0 Å². The highest BCUT2D eigenvalue weighted by Gasteiger charge is 2.21. The molecule has 0 saturated heterocycles. The highest BCUT2D eigenvalue weighted by molar-refractivity contribution is 7.80. The Morgan fingerprint density at radius 2 is 2.24 bits per heavy atom. The Kier molecular flexibility index (Phi) is 3.89. The molecule has 1 saturated carbocycles. The topological polar surface area (TPSA) is 63.8 Å². The molecule has 5 heteroatoms. The zero-order valence-corrected chi connectivity index (χ0v) is 10.8. The molecule has 92 valence electrons. The van der Waals surface area contributed by atoms with Crippen LogP contribution in [0.3, 0.4) is 0 Å². The van der Waals surface area contributed by atoms with E-state index < -0.39 is 0 Å². The van der Waals surface area contributed by atoms with Crippen molar-refractivity contribution >= 4 is 23.0 Å². The Bertz CT molecular complexity index is 407. The van der Waals surface area contributed by atoms with E-state index in [1.807, 2.05) is 0 Å². The van der Waals surface area contributed by atoms with Crippen LogP contribution in [0, 0.1) is 11.8 Å². The summed E-state index contributed by atoms with van der Waals surface area (Å²) >= 11 is 4.95. The molecule has 1 aliphatic carbocycles. The lowest BCUT2D eigenvalue weighted by Crippen LogP contribution is -2.19. The van der Waals surface area contributed by atoms with Crippen LogP contribution in [-0.4, -0.2) is 21.5 Å². The number of hydrogen-bond acceptors (Lipinski definition) is 4. The number of nitrogens with zero attached hydrogens (tertiary/aromatic N) is 2. The minimum absolute atomic E-state index is 0.292. The van der Waals surface area contributed by atoms with E-state index >= 15 is 0 Å². The summed E-state index contributed by atoms with van der Waals surface area (Å²) in [6.07, 6.45) is 7.17. The molecule has 1 aromatic rings. The highest BCUT2D eigenvalue weighted by Crippen LogP contribution is 2.30. The van der Waals surface area contributed by atoms with Gasteiger partial charge in [0.15, 0.2) is 5.82 Å². The Hall–Kier alpha value is -1.23. The van der Waals surface area contributed by atoms with Crippen LogP contribution in [0.5, 0.6) is 0 Å². The van der Waals surface area contributed by atoms with Gasteiger partial charge in [0.2, 0.25) is 0 Å². The van der Waals surface area contributed by atoms with Gasteiger partial charge in [-0.25, -0.2) is 9.97 Å². The normalized spacial score (nSPS) is 23.6. The SMILES string of the molecule is CC1CCC(CNc2nccnc2C(N)=S)C1. The van der Waals surface area contributed by atoms with Crippen molar-refractivity contribution in [1.29, 1.82) is 0 Å². The lowest BCUT2D eigenvalue weighted by molar-refractivity contribution is 0.536. The van der Waals surface area contributed by atoms with Crippen molar-refractivity contribution in [2.45, 2.75) is 26.2 Å². The fraction of sp³-hybridized carbons (Fsp3) is 0.583. The number of anilines is 1. The van der Waals surface area contributed by atoms with E-state index in [2.05, 4.69) is 22.2 Å². The van der Waals surface area contributed by atoms with Crippen molar-refractivity contribution in [2.24, 2.45) is 17.6 Å². The van der Waals surface area contributed by atoms with Gasteiger partial charge in [-0.05, 0) is 24.7 Å². The zero-order valence-electron chi connectivity index (χ0n) is 10.0. The lowest BCUT2D eigenvalue weighted by Gasteiger charge is -2.13. The van der Waals surface area contributed by atoms with Gasteiger partial charge in [-0.2, -0.15) is 0 Å². The second-order valence-corrected chi connectivity index (χ2v) is 5.22. The molecule has 0 bridgehead atoms. The molecule has 2 unspecified atom stereocenters. The maximum atomic E-state index is 5.61. The quantitative estimate of drug-likeness (QED) is 0.800. The number of nitrogens with one attached hydrogen (secondary N) is 1. The molecule has 17 heavy (non-hydrogen) atoms. The Labute approximate surface area is 107 Å². The molecular formula is C12H18N4S. The molecular weight excluding hydrogens is 232 g/mol. The summed E-state index contributed by atoms with van der Waals surface area (Å²) in [6.45, 7) is 3.24. The van der Waals surface area contributed by atoms with Gasteiger partial charge in [-0.1, -0.05) is 25.6 Å². The first-order valence-corrected chi connectivity index (χ1v) is 6.42. The Morgan fingerprint density at radius 3 is 2.88 bits per heavy atom. The molecule has 2 atom stereocenters. The first-order valence-electron chi connectivity index (χ1n) is 6.01. The summed E-state index contributed by atoms with van der Waals surface area (Å²) < 4.78 is 0. The van der Waals surface area contributed by atoms with E-state index in [9.17, 15) is 0 Å². The highest BCUT2D eigenvalue weighted by atomic mass is 32.1. The third kappa shape index (κ3) is 3.12. The monoisotopic (exact) mass is 250 g/mol. The molecule has 1 aliphatic rings. The number of hydrogen-bond donors (Lipinski definition) is 2. The molecule has 0 amide bonds. The number of nitrogens with two attached hydrogens (primary N) is 1. The minimum Gasteiger partial charge on any atom is -0.388 e. The van der Waals surface area contributed by atoms with Crippen molar-refractivity contribution in [2.75, 3.05) is 11.9 Å². The second kappa shape index (κ2) is 5.40. The number of rotatable bonds is 4. The van der Waals surface area contributed by atoms with Crippen LogP contribution in [0.25, 0.3) is 0 Å². The van der Waals surface area contributed by atoms with Gasteiger partial charge in [-0.15, -0.1) is 0 Å². The van der Waals surface area contributed by atoms with Gasteiger partial charge in [0, 0.05) is 18.9 Å².